The molecule has 0 amide bonds. The highest BCUT2D eigenvalue weighted by atomic mass is 32.1. The van der Waals surface area contributed by atoms with Gasteiger partial charge < -0.3 is 19.9 Å². The zero-order valence-corrected chi connectivity index (χ0v) is 32.9. The molecule has 0 radical (unpaired) electrons. The number of ether oxygens (including phenoxy) is 1. The van der Waals surface area contributed by atoms with Gasteiger partial charge in [0.1, 0.15) is 28.7 Å². The highest BCUT2D eigenvalue weighted by Crippen LogP contribution is 2.38. The fourth-order valence-electron chi connectivity index (χ4n) is 6.69. The van der Waals surface area contributed by atoms with E-state index in [1.165, 1.54) is 17.5 Å². The van der Waals surface area contributed by atoms with Crippen LogP contribution in [0.25, 0.3) is 21.1 Å². The number of carbonyl (C=O) groups excluding carboxylic acids is 1. The summed E-state index contributed by atoms with van der Waals surface area (Å²) in [7, 11) is 1.08. The van der Waals surface area contributed by atoms with Gasteiger partial charge in [-0.25, -0.2) is 14.8 Å². The smallest absolute Gasteiger partial charge is 0.393 e. The van der Waals surface area contributed by atoms with Gasteiger partial charge in [-0.1, -0.05) is 19.9 Å². The molecule has 2 N–H and O–H groups in total. The number of alkyl halides is 3. The number of nitriles is 1. The van der Waals surface area contributed by atoms with Gasteiger partial charge in [0.05, 0.1) is 24.0 Å². The molecule has 1 aromatic carbocycles. The Morgan fingerprint density at radius 1 is 1.12 bits per heavy atom. The molecule has 3 aromatic heterocycles. The number of aryl methyl sites for hydroxylation is 1. The minimum absolute atomic E-state index is 0.0249. The van der Waals surface area contributed by atoms with Crippen molar-refractivity contribution in [2.75, 3.05) is 71.1 Å². The average molecular weight is 761 g/mol. The van der Waals surface area contributed by atoms with Gasteiger partial charge in [-0.3, -0.25) is 9.80 Å². The number of fused-ring (bicyclic) bond motifs is 2. The summed E-state index contributed by atoms with van der Waals surface area (Å²) in [5, 5.41) is 18.1. The molecule has 284 valence electrons. The Bertz CT molecular complexity index is 1810. The molecule has 0 atom stereocenters. The van der Waals surface area contributed by atoms with E-state index >= 15 is 0 Å². The zero-order valence-electron chi connectivity index (χ0n) is 31.1. The second-order valence-electron chi connectivity index (χ2n) is 12.7. The van der Waals surface area contributed by atoms with E-state index in [-0.39, 0.29) is 28.5 Å². The lowest BCUT2D eigenvalue weighted by Gasteiger charge is -2.33. The number of hydrogen-bond acceptors (Lipinski definition) is 10. The van der Waals surface area contributed by atoms with Crippen LogP contribution in [-0.4, -0.2) is 108 Å². The SMILES string of the molecule is CC.CCOC(=O)c1c(CC(F)(F)F)sc2ncnc(NC3CCN(Cc4ccc5c(cc(C#N)n5CCN5CCNCC5)c4C)CC3)c12.CPC. The number of piperazine rings is 1. The molecular formula is C37H52F3N8O2PS. The number of rotatable bonds is 10. The van der Waals surface area contributed by atoms with Crippen LogP contribution in [0.3, 0.4) is 0 Å². The van der Waals surface area contributed by atoms with E-state index in [9.17, 15) is 23.2 Å². The van der Waals surface area contributed by atoms with Crippen molar-refractivity contribution in [1.82, 2.24) is 29.7 Å². The highest BCUT2D eigenvalue weighted by molar-refractivity contribution is 7.35. The Morgan fingerprint density at radius 3 is 2.44 bits per heavy atom. The van der Waals surface area contributed by atoms with Gasteiger partial charge >= 0.3 is 12.1 Å². The maximum Gasteiger partial charge on any atom is 0.393 e. The first-order chi connectivity index (χ1) is 25.1. The van der Waals surface area contributed by atoms with E-state index < -0.39 is 18.6 Å². The molecule has 4 aromatic rings. The van der Waals surface area contributed by atoms with Crippen LogP contribution in [0, 0.1) is 18.3 Å². The Balaban J connectivity index is 0.00000115. The predicted molar refractivity (Wildman–Crippen MR) is 207 cm³/mol. The van der Waals surface area contributed by atoms with Crippen molar-refractivity contribution in [3.63, 3.8) is 0 Å². The Labute approximate surface area is 310 Å². The van der Waals surface area contributed by atoms with E-state index in [0.717, 1.165) is 103 Å². The van der Waals surface area contributed by atoms with E-state index in [1.807, 2.05) is 19.9 Å². The molecule has 0 spiro atoms. The van der Waals surface area contributed by atoms with Crippen molar-refractivity contribution in [1.29, 1.82) is 5.26 Å². The molecule has 6 rings (SSSR count). The monoisotopic (exact) mass is 760 g/mol. The van der Waals surface area contributed by atoms with Crippen LogP contribution >= 0.6 is 19.9 Å². The largest absolute Gasteiger partial charge is 0.462 e. The van der Waals surface area contributed by atoms with E-state index in [0.29, 0.717) is 16.3 Å². The number of halogens is 3. The second-order valence-corrected chi connectivity index (χ2v) is 14.8. The maximum absolute atomic E-state index is 13.4. The molecule has 5 heterocycles. The summed E-state index contributed by atoms with van der Waals surface area (Å²) < 4.78 is 47.4. The van der Waals surface area contributed by atoms with Gasteiger partial charge in [0.25, 0.3) is 0 Å². The molecule has 0 aliphatic carbocycles. The van der Waals surface area contributed by atoms with E-state index in [1.54, 1.807) is 6.92 Å². The number of benzene rings is 1. The minimum Gasteiger partial charge on any atom is -0.462 e. The number of esters is 1. The lowest BCUT2D eigenvalue weighted by Crippen LogP contribution is -2.44. The van der Waals surface area contributed by atoms with Gasteiger partial charge in [-0.15, -0.1) is 19.9 Å². The molecular weight excluding hydrogens is 708 g/mol. The van der Waals surface area contributed by atoms with Crippen LogP contribution in [0.5, 0.6) is 0 Å². The number of hydrogen-bond donors (Lipinski definition) is 2. The van der Waals surface area contributed by atoms with Crippen molar-refractivity contribution >= 4 is 52.8 Å². The van der Waals surface area contributed by atoms with Gasteiger partial charge in [-0.2, -0.15) is 18.4 Å². The molecule has 15 heteroatoms. The van der Waals surface area contributed by atoms with Crippen LogP contribution < -0.4 is 10.6 Å². The van der Waals surface area contributed by atoms with Crippen LogP contribution in [0.1, 0.15) is 65.7 Å². The number of piperidine rings is 1. The quantitative estimate of drug-likeness (QED) is 0.130. The number of thiophene rings is 1. The Kier molecular flexibility index (Phi) is 15.7. The third-order valence-electron chi connectivity index (χ3n) is 9.15. The number of aromatic nitrogens is 3. The number of carbonyl (C=O) groups is 1. The summed E-state index contributed by atoms with van der Waals surface area (Å²) >= 11 is 0.854. The summed E-state index contributed by atoms with van der Waals surface area (Å²) in [6.45, 7) is 20.2. The second kappa shape index (κ2) is 19.7. The lowest BCUT2D eigenvalue weighted by molar-refractivity contribution is -0.126. The van der Waals surface area contributed by atoms with Gasteiger partial charge in [0.15, 0.2) is 0 Å². The molecule has 0 unspecified atom stereocenters. The number of likely N-dealkylation sites (tertiary alicyclic amines) is 1. The number of nitrogens with zero attached hydrogens (tertiary/aromatic N) is 6. The summed E-state index contributed by atoms with van der Waals surface area (Å²) in [5.74, 6) is -0.438. The van der Waals surface area contributed by atoms with Crippen LogP contribution in [0.4, 0.5) is 19.0 Å². The summed E-state index contributed by atoms with van der Waals surface area (Å²) in [5.41, 5.74) is 4.07. The van der Waals surface area contributed by atoms with Crippen molar-refractivity contribution in [2.24, 2.45) is 0 Å². The molecule has 0 bridgehead atoms. The van der Waals surface area contributed by atoms with Gasteiger partial charge in [-0.05, 0) is 63.3 Å². The molecule has 10 nitrogen and oxygen atoms in total. The number of nitrogens with one attached hydrogen (secondary N) is 2. The van der Waals surface area contributed by atoms with Crippen LogP contribution in [-0.2, 0) is 24.2 Å². The molecule has 52 heavy (non-hydrogen) atoms. The van der Waals surface area contributed by atoms with Gasteiger partial charge in [0.2, 0.25) is 0 Å². The molecule has 2 saturated heterocycles. The van der Waals surface area contributed by atoms with Crippen molar-refractivity contribution in [3.05, 3.63) is 51.8 Å². The minimum atomic E-state index is -4.48. The summed E-state index contributed by atoms with van der Waals surface area (Å²) in [6, 6.07) is 8.75. The summed E-state index contributed by atoms with van der Waals surface area (Å²) in [4.78, 5) is 26.4. The maximum atomic E-state index is 13.4. The van der Waals surface area contributed by atoms with Gasteiger partial charge in [0, 0.05) is 80.7 Å². The van der Waals surface area contributed by atoms with Crippen LogP contribution in [0.15, 0.2) is 24.5 Å². The molecule has 2 fully saturated rings. The van der Waals surface area contributed by atoms with Crippen LogP contribution in [0.2, 0.25) is 0 Å². The normalized spacial score (nSPS) is 15.8. The topological polar surface area (TPSA) is 111 Å². The zero-order chi connectivity index (χ0) is 37.8. The Hall–Kier alpha value is -3.34. The van der Waals surface area contributed by atoms with E-state index in [2.05, 4.69) is 73.4 Å². The molecule has 2 aliphatic rings. The Morgan fingerprint density at radius 2 is 1.81 bits per heavy atom. The third kappa shape index (κ3) is 10.4. The number of anilines is 1. The fraction of sp³-hybridized carbons (Fsp3) is 0.568. The first-order valence-corrected chi connectivity index (χ1v) is 20.9. The standard InChI is InChI=1S/C33H39F3N8O2S.C2H7P.C2H6/c1-3-46-32(45)28-27(17-33(34,35)36)47-31-29(28)30(39-20-40-31)41-23-6-10-43(11-7-23)19-22-4-5-26-25(21(22)2)16-24(18-37)44(26)15-14-42-12-8-38-9-13-42;1-3-2;1-2/h4-5,16,20,23,38H,3,6-15,17,19H2,1-2H3,(H,39,40,41);3H,1-2H3;1-2H3. The van der Waals surface area contributed by atoms with E-state index in [4.69, 9.17) is 4.74 Å². The van der Waals surface area contributed by atoms with Crippen molar-refractivity contribution in [2.45, 2.75) is 72.3 Å². The van der Waals surface area contributed by atoms with Crippen molar-refractivity contribution in [3.8, 4) is 6.07 Å². The average Bonchev–Trinajstić information content (AvgIpc) is 3.68. The molecule has 0 saturated carbocycles. The van der Waals surface area contributed by atoms with Crippen molar-refractivity contribution < 1.29 is 22.7 Å². The summed E-state index contributed by atoms with van der Waals surface area (Å²) in [6.07, 6.45) is -2.81. The first kappa shape index (κ1) is 41.4. The third-order valence-corrected chi connectivity index (χ3v) is 10.3. The first-order valence-electron chi connectivity index (χ1n) is 18.1. The molecule has 2 aliphatic heterocycles. The lowest BCUT2D eigenvalue weighted by atomic mass is 10.0. The predicted octanol–water partition coefficient (Wildman–Crippen LogP) is 7.04. The fourth-order valence-corrected chi connectivity index (χ4v) is 7.84. The highest BCUT2D eigenvalue weighted by Gasteiger charge is 2.34.